The number of amides is 1. The van der Waals surface area contributed by atoms with E-state index < -0.39 is 12.1 Å². The number of allylic oxidation sites excluding steroid dienone is 4. The van der Waals surface area contributed by atoms with Gasteiger partial charge in [-0.1, -0.05) is 256 Å². The van der Waals surface area contributed by atoms with Crippen LogP contribution in [-0.4, -0.2) is 47.4 Å². The Morgan fingerprint density at radius 3 is 1.08 bits per heavy atom. The molecule has 0 aromatic rings. The first-order valence-electron chi connectivity index (χ1n) is 29.6. The van der Waals surface area contributed by atoms with Crippen LogP contribution in [0.15, 0.2) is 24.3 Å². The van der Waals surface area contributed by atoms with Crippen LogP contribution < -0.4 is 5.32 Å². The third kappa shape index (κ3) is 51.7. The number of unbranched alkanes of at least 4 members (excludes halogenated alkanes) is 40. The Balaban J connectivity index is 3.50. The first-order chi connectivity index (χ1) is 32.5. The molecule has 3 N–H and O–H groups in total. The second-order valence-electron chi connectivity index (χ2n) is 20.3. The molecule has 0 fully saturated rings. The van der Waals surface area contributed by atoms with Gasteiger partial charge >= 0.3 is 5.97 Å². The Morgan fingerprint density at radius 1 is 0.409 bits per heavy atom. The van der Waals surface area contributed by atoms with Crippen molar-refractivity contribution in [2.75, 3.05) is 13.2 Å². The smallest absolute Gasteiger partial charge is 0.305 e. The van der Waals surface area contributed by atoms with Crippen molar-refractivity contribution in [3.63, 3.8) is 0 Å². The van der Waals surface area contributed by atoms with Gasteiger partial charge in [-0.15, -0.1) is 0 Å². The largest absolute Gasteiger partial charge is 0.466 e. The van der Waals surface area contributed by atoms with Crippen molar-refractivity contribution in [3.8, 4) is 0 Å². The summed E-state index contributed by atoms with van der Waals surface area (Å²) in [5, 5.41) is 23.3. The van der Waals surface area contributed by atoms with E-state index in [1.165, 1.54) is 212 Å². The average Bonchev–Trinajstić information content (AvgIpc) is 3.32. The van der Waals surface area contributed by atoms with Crippen LogP contribution in [0.5, 0.6) is 0 Å². The summed E-state index contributed by atoms with van der Waals surface area (Å²) >= 11 is 0. The molecule has 0 saturated carbocycles. The zero-order valence-electron chi connectivity index (χ0n) is 44.4. The summed E-state index contributed by atoms with van der Waals surface area (Å²) < 4.78 is 5.45. The van der Waals surface area contributed by atoms with Gasteiger partial charge in [0, 0.05) is 12.8 Å². The van der Waals surface area contributed by atoms with Crippen LogP contribution in [0.25, 0.3) is 0 Å². The van der Waals surface area contributed by atoms with Crippen LogP contribution in [0.4, 0.5) is 0 Å². The summed E-state index contributed by atoms with van der Waals surface area (Å²) in [6, 6.07) is -0.568. The van der Waals surface area contributed by atoms with Gasteiger partial charge in [0.2, 0.25) is 5.91 Å². The summed E-state index contributed by atoms with van der Waals surface area (Å²) in [5.41, 5.74) is 0. The van der Waals surface area contributed by atoms with Crippen LogP contribution in [0.1, 0.15) is 322 Å². The lowest BCUT2D eigenvalue weighted by Gasteiger charge is -2.22. The third-order valence-corrected chi connectivity index (χ3v) is 13.7. The molecule has 1 amide bonds. The van der Waals surface area contributed by atoms with Gasteiger partial charge in [0.1, 0.15) is 0 Å². The second-order valence-corrected chi connectivity index (χ2v) is 20.3. The standard InChI is InChI=1S/C60H115NO5/c1-3-5-7-9-11-13-15-17-19-21-23-24-25-26-28-30-32-36-40-44-48-52-58(63)57(56-62)61-59(64)53-49-45-41-37-34-35-39-43-47-51-55-66-60(65)54-50-46-42-38-33-31-29-27-22-20-18-16-14-12-10-8-6-4-2/h20,22,35,39,57-58,62-63H,3-19,21,23-34,36-38,40-56H2,1-2H3,(H,61,64)/b22-20-,39-35-. The summed E-state index contributed by atoms with van der Waals surface area (Å²) in [6.45, 7) is 4.88. The van der Waals surface area contributed by atoms with E-state index in [1.807, 2.05) is 0 Å². The molecule has 0 heterocycles. The van der Waals surface area contributed by atoms with Gasteiger partial charge in [-0.25, -0.2) is 0 Å². The predicted molar refractivity (Wildman–Crippen MR) is 287 cm³/mol. The average molecular weight is 931 g/mol. The van der Waals surface area contributed by atoms with Crippen LogP contribution in [0.3, 0.4) is 0 Å². The Hall–Kier alpha value is -1.66. The van der Waals surface area contributed by atoms with Crippen molar-refractivity contribution in [3.05, 3.63) is 24.3 Å². The van der Waals surface area contributed by atoms with Crippen molar-refractivity contribution in [1.29, 1.82) is 0 Å². The highest BCUT2D eigenvalue weighted by atomic mass is 16.5. The number of hydrogen-bond donors (Lipinski definition) is 3. The molecule has 66 heavy (non-hydrogen) atoms. The summed E-state index contributed by atoms with van der Waals surface area (Å²) in [4.78, 5) is 24.6. The maximum absolute atomic E-state index is 12.5. The van der Waals surface area contributed by atoms with E-state index in [4.69, 9.17) is 4.74 Å². The van der Waals surface area contributed by atoms with Gasteiger partial charge in [0.25, 0.3) is 0 Å². The molecule has 6 nitrogen and oxygen atoms in total. The number of carbonyl (C=O) groups is 2. The monoisotopic (exact) mass is 930 g/mol. The molecular formula is C60H115NO5. The molecule has 390 valence electrons. The lowest BCUT2D eigenvalue weighted by atomic mass is 10.0. The van der Waals surface area contributed by atoms with Crippen molar-refractivity contribution in [2.24, 2.45) is 0 Å². The van der Waals surface area contributed by atoms with E-state index in [2.05, 4.69) is 43.5 Å². The quantitative estimate of drug-likeness (QED) is 0.0321. The highest BCUT2D eigenvalue weighted by molar-refractivity contribution is 5.76. The number of rotatable bonds is 55. The Kier molecular flexibility index (Phi) is 54.5. The first-order valence-corrected chi connectivity index (χ1v) is 29.6. The van der Waals surface area contributed by atoms with Crippen molar-refractivity contribution < 1.29 is 24.5 Å². The lowest BCUT2D eigenvalue weighted by molar-refractivity contribution is -0.143. The Bertz CT molecular complexity index is 1030. The Morgan fingerprint density at radius 2 is 0.712 bits per heavy atom. The topological polar surface area (TPSA) is 95.9 Å². The molecule has 0 saturated heterocycles. The number of esters is 1. The fourth-order valence-corrected chi connectivity index (χ4v) is 9.16. The SMILES string of the molecule is CCCCCCCCC/C=C\CCCCCCCCCC(=O)OCCCC/C=C\CCCCCCC(=O)NC(CO)C(O)CCCCCCCCCCCCCCCCCCCCCCC. The second kappa shape index (κ2) is 55.9. The fraction of sp³-hybridized carbons (Fsp3) is 0.900. The summed E-state index contributed by atoms with van der Waals surface area (Å²) in [5.74, 6) is -0.107. The van der Waals surface area contributed by atoms with E-state index >= 15 is 0 Å². The minimum Gasteiger partial charge on any atom is -0.466 e. The molecule has 0 rings (SSSR count). The molecule has 0 aliphatic carbocycles. The van der Waals surface area contributed by atoms with Gasteiger partial charge in [0.05, 0.1) is 25.4 Å². The van der Waals surface area contributed by atoms with E-state index in [0.717, 1.165) is 77.0 Å². The van der Waals surface area contributed by atoms with E-state index in [0.29, 0.717) is 25.9 Å². The van der Waals surface area contributed by atoms with Crippen LogP contribution >= 0.6 is 0 Å². The van der Waals surface area contributed by atoms with E-state index in [-0.39, 0.29) is 18.5 Å². The number of aliphatic hydroxyl groups excluding tert-OH is 2. The van der Waals surface area contributed by atoms with E-state index in [9.17, 15) is 19.8 Å². The van der Waals surface area contributed by atoms with Crippen LogP contribution in [0.2, 0.25) is 0 Å². The highest BCUT2D eigenvalue weighted by Gasteiger charge is 2.20. The molecule has 2 atom stereocenters. The van der Waals surface area contributed by atoms with Gasteiger partial charge in [0.15, 0.2) is 0 Å². The highest BCUT2D eigenvalue weighted by Crippen LogP contribution is 2.17. The van der Waals surface area contributed by atoms with E-state index in [1.54, 1.807) is 0 Å². The Labute approximate surface area is 411 Å². The lowest BCUT2D eigenvalue weighted by Crippen LogP contribution is -2.45. The summed E-state index contributed by atoms with van der Waals surface area (Å²) in [7, 11) is 0. The number of hydrogen-bond acceptors (Lipinski definition) is 5. The van der Waals surface area contributed by atoms with Crippen molar-refractivity contribution in [2.45, 2.75) is 334 Å². The molecule has 2 unspecified atom stereocenters. The van der Waals surface area contributed by atoms with Crippen molar-refractivity contribution >= 4 is 11.9 Å². The zero-order valence-corrected chi connectivity index (χ0v) is 44.4. The van der Waals surface area contributed by atoms with Gasteiger partial charge in [-0.2, -0.15) is 0 Å². The van der Waals surface area contributed by atoms with Crippen LogP contribution in [0, 0.1) is 0 Å². The minimum atomic E-state index is -0.687. The third-order valence-electron chi connectivity index (χ3n) is 13.7. The number of aliphatic hydroxyl groups is 2. The fourth-order valence-electron chi connectivity index (χ4n) is 9.16. The molecule has 6 heteroatoms. The molecule has 0 aliphatic rings. The predicted octanol–water partition coefficient (Wildman–Crippen LogP) is 18.2. The molecule has 0 aliphatic heterocycles. The molecule has 0 aromatic carbocycles. The number of ether oxygens (including phenoxy) is 1. The van der Waals surface area contributed by atoms with Gasteiger partial charge in [-0.05, 0) is 77.0 Å². The number of nitrogens with one attached hydrogen (secondary N) is 1. The van der Waals surface area contributed by atoms with Crippen molar-refractivity contribution in [1.82, 2.24) is 5.32 Å². The maximum Gasteiger partial charge on any atom is 0.305 e. The van der Waals surface area contributed by atoms with Gasteiger partial charge < -0.3 is 20.3 Å². The van der Waals surface area contributed by atoms with Gasteiger partial charge in [-0.3, -0.25) is 9.59 Å². The molecule has 0 bridgehead atoms. The number of carbonyl (C=O) groups excluding carboxylic acids is 2. The van der Waals surface area contributed by atoms with Crippen LogP contribution in [-0.2, 0) is 14.3 Å². The minimum absolute atomic E-state index is 0.0384. The molecule has 0 aromatic heterocycles. The molecular weight excluding hydrogens is 815 g/mol. The normalized spacial score (nSPS) is 12.7. The molecule has 0 radical (unpaired) electrons. The maximum atomic E-state index is 12.5. The summed E-state index contributed by atoms with van der Waals surface area (Å²) in [6.07, 6.45) is 67.5. The molecule has 0 spiro atoms. The zero-order chi connectivity index (χ0) is 47.9. The first kappa shape index (κ1) is 64.3.